The fraction of sp³-hybridized carbons (Fsp3) is 0.263. The van der Waals surface area contributed by atoms with Gasteiger partial charge in [-0.15, -0.1) is 22.7 Å². The van der Waals surface area contributed by atoms with Crippen molar-refractivity contribution in [2.24, 2.45) is 0 Å². The summed E-state index contributed by atoms with van der Waals surface area (Å²) in [6, 6.07) is 12.1. The van der Waals surface area contributed by atoms with Crippen LogP contribution in [0.5, 0.6) is 5.75 Å². The third-order valence-corrected chi connectivity index (χ3v) is 6.40. The predicted molar refractivity (Wildman–Crippen MR) is 97.5 cm³/mol. The number of fused-ring (bicyclic) bond motifs is 1. The quantitative estimate of drug-likeness (QED) is 0.642. The number of thiophene rings is 2. The summed E-state index contributed by atoms with van der Waals surface area (Å²) in [5, 5.41) is 4.31. The lowest BCUT2D eigenvalue weighted by molar-refractivity contribution is 0.208. The molecule has 2 aromatic heterocycles. The number of benzene rings is 1. The minimum atomic E-state index is -0.295. The van der Waals surface area contributed by atoms with Crippen LogP contribution in [0.25, 0.3) is 0 Å². The van der Waals surface area contributed by atoms with Gasteiger partial charge in [0, 0.05) is 22.8 Å². The van der Waals surface area contributed by atoms with Crippen LogP contribution >= 0.6 is 22.7 Å². The van der Waals surface area contributed by atoms with Crippen LogP contribution in [0.2, 0.25) is 0 Å². The van der Waals surface area contributed by atoms with Crippen molar-refractivity contribution in [2.75, 3.05) is 13.7 Å². The molecule has 1 atom stereocenters. The highest BCUT2D eigenvalue weighted by Crippen LogP contribution is 2.40. The van der Waals surface area contributed by atoms with E-state index in [0.29, 0.717) is 5.75 Å². The molecule has 0 saturated carbocycles. The van der Waals surface area contributed by atoms with Crippen molar-refractivity contribution in [2.45, 2.75) is 19.0 Å². The normalized spacial score (nSPS) is 17.7. The Morgan fingerprint density at radius 1 is 1.21 bits per heavy atom. The smallest absolute Gasteiger partial charge is 0.165 e. The molecule has 3 heterocycles. The molecule has 0 aliphatic carbocycles. The van der Waals surface area contributed by atoms with Gasteiger partial charge in [0.25, 0.3) is 0 Å². The molecule has 3 aromatic rings. The molecule has 0 fully saturated rings. The van der Waals surface area contributed by atoms with Gasteiger partial charge >= 0.3 is 0 Å². The molecule has 1 unspecified atom stereocenters. The maximum Gasteiger partial charge on any atom is 0.165 e. The maximum atomic E-state index is 14.0. The van der Waals surface area contributed by atoms with Crippen molar-refractivity contribution < 1.29 is 9.13 Å². The first kappa shape index (κ1) is 15.8. The molecule has 124 valence electrons. The number of rotatable bonds is 4. The minimum absolute atomic E-state index is 0.269. The largest absolute Gasteiger partial charge is 0.494 e. The van der Waals surface area contributed by atoms with E-state index in [9.17, 15) is 4.39 Å². The first-order valence-electron chi connectivity index (χ1n) is 7.92. The number of nitrogens with zero attached hydrogens (tertiary/aromatic N) is 1. The van der Waals surface area contributed by atoms with Crippen LogP contribution < -0.4 is 4.74 Å². The number of methoxy groups -OCH3 is 1. The Morgan fingerprint density at radius 3 is 2.88 bits per heavy atom. The fourth-order valence-electron chi connectivity index (χ4n) is 3.36. The summed E-state index contributed by atoms with van der Waals surface area (Å²) in [7, 11) is 1.49. The van der Waals surface area contributed by atoms with E-state index in [-0.39, 0.29) is 11.9 Å². The van der Waals surface area contributed by atoms with Crippen LogP contribution in [0.1, 0.15) is 26.9 Å². The Bertz CT molecular complexity index is 828. The van der Waals surface area contributed by atoms with Crippen molar-refractivity contribution in [1.82, 2.24) is 4.90 Å². The predicted octanol–water partition coefficient (Wildman–Crippen LogP) is 5.11. The minimum Gasteiger partial charge on any atom is -0.494 e. The van der Waals surface area contributed by atoms with E-state index >= 15 is 0 Å². The molecule has 1 aliphatic heterocycles. The summed E-state index contributed by atoms with van der Waals surface area (Å²) in [5.41, 5.74) is 2.39. The van der Waals surface area contributed by atoms with Gasteiger partial charge in [0.2, 0.25) is 0 Å². The zero-order chi connectivity index (χ0) is 16.5. The Kier molecular flexibility index (Phi) is 4.39. The van der Waals surface area contributed by atoms with Crippen molar-refractivity contribution in [3.8, 4) is 5.75 Å². The molecular weight excluding hydrogens is 341 g/mol. The summed E-state index contributed by atoms with van der Waals surface area (Å²) >= 11 is 3.63. The van der Waals surface area contributed by atoms with Crippen LogP contribution in [0.4, 0.5) is 4.39 Å². The molecule has 1 aliphatic rings. The van der Waals surface area contributed by atoms with E-state index in [0.717, 1.165) is 25.1 Å². The van der Waals surface area contributed by atoms with Crippen LogP contribution in [0.3, 0.4) is 0 Å². The lowest BCUT2D eigenvalue weighted by atomic mass is 9.97. The van der Waals surface area contributed by atoms with Gasteiger partial charge in [-0.3, -0.25) is 4.90 Å². The Labute approximate surface area is 149 Å². The molecule has 1 aromatic carbocycles. The zero-order valence-corrected chi connectivity index (χ0v) is 15.0. The van der Waals surface area contributed by atoms with E-state index in [1.165, 1.54) is 22.4 Å². The lowest BCUT2D eigenvalue weighted by Gasteiger charge is -2.35. The van der Waals surface area contributed by atoms with Gasteiger partial charge in [-0.05, 0) is 52.6 Å². The maximum absolute atomic E-state index is 14.0. The van der Waals surface area contributed by atoms with Crippen LogP contribution in [0, 0.1) is 5.82 Å². The Balaban J connectivity index is 1.65. The number of hydrogen-bond donors (Lipinski definition) is 0. The van der Waals surface area contributed by atoms with Gasteiger partial charge in [-0.25, -0.2) is 4.39 Å². The van der Waals surface area contributed by atoms with Gasteiger partial charge in [-0.2, -0.15) is 0 Å². The van der Waals surface area contributed by atoms with E-state index in [1.807, 2.05) is 17.4 Å². The summed E-state index contributed by atoms with van der Waals surface area (Å²) in [6.07, 6.45) is 1.06. The molecule has 2 nitrogen and oxygen atoms in total. The summed E-state index contributed by atoms with van der Waals surface area (Å²) in [4.78, 5) is 5.27. The van der Waals surface area contributed by atoms with Crippen molar-refractivity contribution in [3.05, 3.63) is 73.9 Å². The molecule has 0 radical (unpaired) electrons. The summed E-state index contributed by atoms with van der Waals surface area (Å²) in [5.74, 6) is 0.00299. The molecular formula is C19H18FNOS2. The molecule has 0 bridgehead atoms. The number of halogens is 1. The average molecular weight is 359 g/mol. The molecule has 0 amide bonds. The molecule has 0 spiro atoms. The molecule has 0 N–H and O–H groups in total. The van der Waals surface area contributed by atoms with Gasteiger partial charge in [0.15, 0.2) is 11.6 Å². The Morgan fingerprint density at radius 2 is 2.12 bits per heavy atom. The second-order valence-electron chi connectivity index (χ2n) is 5.91. The standard InChI is InChI=1S/C19H18FNOS2/c1-22-16-5-4-13(11-15(16)20)12-21-8-6-17-14(7-10-24-17)19(21)18-3-2-9-23-18/h2-5,7,9-11,19H,6,8,12H2,1H3. The van der Waals surface area contributed by atoms with Crippen LogP contribution in [-0.4, -0.2) is 18.6 Å². The third-order valence-electron chi connectivity index (χ3n) is 4.48. The van der Waals surface area contributed by atoms with E-state index < -0.39 is 0 Å². The fourth-order valence-corrected chi connectivity index (χ4v) is 5.14. The summed E-state index contributed by atoms with van der Waals surface area (Å²) in [6.45, 7) is 1.72. The second kappa shape index (κ2) is 6.67. The van der Waals surface area contributed by atoms with E-state index in [4.69, 9.17) is 4.74 Å². The van der Waals surface area contributed by atoms with E-state index in [1.54, 1.807) is 23.5 Å². The first-order valence-corrected chi connectivity index (χ1v) is 9.68. The van der Waals surface area contributed by atoms with Crippen LogP contribution in [-0.2, 0) is 13.0 Å². The molecule has 5 heteroatoms. The molecule has 4 rings (SSSR count). The SMILES string of the molecule is COc1ccc(CN2CCc3sccc3C2c2cccs2)cc1F. The lowest BCUT2D eigenvalue weighted by Crippen LogP contribution is -2.34. The van der Waals surface area contributed by atoms with Crippen molar-refractivity contribution in [3.63, 3.8) is 0 Å². The highest BCUT2D eigenvalue weighted by molar-refractivity contribution is 7.10. The average Bonchev–Trinajstić information content (AvgIpc) is 3.26. The van der Waals surface area contributed by atoms with Gasteiger partial charge < -0.3 is 4.74 Å². The highest BCUT2D eigenvalue weighted by atomic mass is 32.1. The van der Waals surface area contributed by atoms with Gasteiger partial charge in [0.05, 0.1) is 13.2 Å². The molecule has 0 saturated heterocycles. The van der Waals surface area contributed by atoms with Gasteiger partial charge in [0.1, 0.15) is 0 Å². The zero-order valence-electron chi connectivity index (χ0n) is 13.4. The highest BCUT2D eigenvalue weighted by Gasteiger charge is 2.30. The van der Waals surface area contributed by atoms with Crippen molar-refractivity contribution >= 4 is 22.7 Å². The topological polar surface area (TPSA) is 12.5 Å². The van der Waals surface area contributed by atoms with Gasteiger partial charge in [-0.1, -0.05) is 12.1 Å². The number of ether oxygens (including phenoxy) is 1. The third kappa shape index (κ3) is 2.88. The monoisotopic (exact) mass is 359 g/mol. The first-order chi connectivity index (χ1) is 11.8. The number of hydrogen-bond acceptors (Lipinski definition) is 4. The van der Waals surface area contributed by atoms with Crippen molar-refractivity contribution in [1.29, 1.82) is 0 Å². The molecule has 24 heavy (non-hydrogen) atoms. The van der Waals surface area contributed by atoms with E-state index in [2.05, 4.69) is 33.9 Å². The van der Waals surface area contributed by atoms with Crippen LogP contribution in [0.15, 0.2) is 47.2 Å². The summed E-state index contributed by atoms with van der Waals surface area (Å²) < 4.78 is 19.0. The second-order valence-corrected chi connectivity index (χ2v) is 7.89. The Hall–Kier alpha value is -1.69.